The van der Waals surface area contributed by atoms with Crippen LogP contribution < -0.4 is 10.0 Å². The fourth-order valence-corrected chi connectivity index (χ4v) is 8.24. The number of hydrogen-bond acceptors (Lipinski definition) is 9. The summed E-state index contributed by atoms with van der Waals surface area (Å²) in [7, 11) is -8.12. The summed E-state index contributed by atoms with van der Waals surface area (Å²) in [5, 5.41) is 6.28. The van der Waals surface area contributed by atoms with Crippen LogP contribution in [0.2, 0.25) is 0 Å². The predicted molar refractivity (Wildman–Crippen MR) is 140 cm³/mol. The number of pyridine rings is 1. The van der Waals surface area contributed by atoms with Crippen molar-refractivity contribution in [2.45, 2.75) is 87.2 Å². The monoisotopic (exact) mass is 581 g/mol. The van der Waals surface area contributed by atoms with Crippen molar-refractivity contribution in [3.63, 3.8) is 0 Å². The minimum atomic E-state index is -4.14. The molecule has 0 bridgehead atoms. The number of aryl methyl sites for hydroxylation is 2. The first kappa shape index (κ1) is 29.3. The molecule has 1 saturated carbocycles. The van der Waals surface area contributed by atoms with E-state index in [4.69, 9.17) is 4.52 Å². The van der Waals surface area contributed by atoms with E-state index in [0.29, 0.717) is 6.42 Å². The molecule has 0 spiro atoms. The van der Waals surface area contributed by atoms with Crippen LogP contribution in [0.3, 0.4) is 0 Å². The molecule has 12 nitrogen and oxygen atoms in total. The van der Waals surface area contributed by atoms with Crippen LogP contribution in [-0.2, 0) is 29.6 Å². The number of ketones is 1. The number of rotatable bonds is 9. The molecule has 14 heteroatoms. The van der Waals surface area contributed by atoms with Gasteiger partial charge in [-0.05, 0) is 51.2 Å². The summed E-state index contributed by atoms with van der Waals surface area (Å²) in [5.41, 5.74) is 0.185. The van der Waals surface area contributed by atoms with E-state index in [-0.39, 0.29) is 46.7 Å². The van der Waals surface area contributed by atoms with Crippen molar-refractivity contribution in [2.24, 2.45) is 5.92 Å². The molecule has 2 fully saturated rings. The van der Waals surface area contributed by atoms with Gasteiger partial charge < -0.3 is 9.84 Å². The third-order valence-electron chi connectivity index (χ3n) is 7.32. The molecule has 214 valence electrons. The average molecular weight is 582 g/mol. The minimum Gasteiger partial charge on any atom is -0.360 e. The van der Waals surface area contributed by atoms with Crippen molar-refractivity contribution >= 4 is 31.7 Å². The quantitative estimate of drug-likeness (QED) is 0.449. The Kier molecular flexibility index (Phi) is 9.19. The van der Waals surface area contributed by atoms with Crippen molar-refractivity contribution in [1.82, 2.24) is 24.5 Å². The number of sulfonamides is 2. The predicted octanol–water partition coefficient (Wildman–Crippen LogP) is 1.84. The van der Waals surface area contributed by atoms with Gasteiger partial charge >= 0.3 is 0 Å². The Morgan fingerprint density at radius 3 is 2.49 bits per heavy atom. The second kappa shape index (κ2) is 12.2. The molecule has 2 aromatic heterocycles. The van der Waals surface area contributed by atoms with Crippen LogP contribution in [0.1, 0.15) is 62.8 Å². The lowest BCUT2D eigenvalue weighted by atomic mass is 9.85. The van der Waals surface area contributed by atoms with Crippen molar-refractivity contribution < 1.29 is 30.9 Å². The number of carbonyl (C=O) groups excluding carboxylic acids is 2. The zero-order valence-corrected chi connectivity index (χ0v) is 23.8. The van der Waals surface area contributed by atoms with Gasteiger partial charge in [-0.3, -0.25) is 9.59 Å². The molecule has 3 heterocycles. The fourth-order valence-electron chi connectivity index (χ4n) is 5.33. The van der Waals surface area contributed by atoms with E-state index in [9.17, 15) is 26.4 Å². The van der Waals surface area contributed by atoms with Gasteiger partial charge in [-0.1, -0.05) is 43.3 Å². The van der Waals surface area contributed by atoms with E-state index in [1.54, 1.807) is 12.1 Å². The van der Waals surface area contributed by atoms with Crippen LogP contribution in [0.5, 0.6) is 0 Å². The minimum absolute atomic E-state index is 0.0984. The maximum atomic E-state index is 13.5. The second-order valence-corrected chi connectivity index (χ2v) is 13.8. The van der Waals surface area contributed by atoms with Crippen molar-refractivity contribution in [2.75, 3.05) is 13.1 Å². The van der Waals surface area contributed by atoms with E-state index in [1.165, 1.54) is 26.1 Å². The van der Waals surface area contributed by atoms with Crippen LogP contribution in [0.15, 0.2) is 38.8 Å². The van der Waals surface area contributed by atoms with E-state index in [2.05, 4.69) is 20.2 Å². The van der Waals surface area contributed by atoms with Gasteiger partial charge in [0, 0.05) is 12.7 Å². The Hall–Kier alpha value is -2.68. The van der Waals surface area contributed by atoms with Gasteiger partial charge in [-0.15, -0.1) is 0 Å². The van der Waals surface area contributed by atoms with Crippen LogP contribution in [-0.4, -0.2) is 68.1 Å². The van der Waals surface area contributed by atoms with E-state index >= 15 is 0 Å². The lowest BCUT2D eigenvalue weighted by Gasteiger charge is -2.27. The number of amides is 1. The molecule has 2 atom stereocenters. The largest absolute Gasteiger partial charge is 0.360 e. The maximum absolute atomic E-state index is 13.5. The highest BCUT2D eigenvalue weighted by atomic mass is 32.2. The fraction of sp³-hybridized carbons (Fsp3) is 0.600. The molecule has 1 aliphatic carbocycles. The van der Waals surface area contributed by atoms with Crippen molar-refractivity contribution in [1.29, 1.82) is 0 Å². The number of hydrogen-bond donors (Lipinski definition) is 2. The summed E-state index contributed by atoms with van der Waals surface area (Å²) in [6.07, 6.45) is 7.12. The summed E-state index contributed by atoms with van der Waals surface area (Å²) in [6.45, 7) is 2.68. The van der Waals surface area contributed by atoms with Gasteiger partial charge in [0.05, 0.1) is 12.6 Å². The Morgan fingerprint density at radius 2 is 1.85 bits per heavy atom. The first-order valence-corrected chi connectivity index (χ1v) is 16.1. The SMILES string of the molecule is Cc1noc(C)c1S(=O)(=O)N[C@@H](CC1CCCCC1)C(=O)N[C@H]1CCCN(S(=O)(=O)c2ccccn2)CC1=O. The molecule has 0 radical (unpaired) electrons. The zero-order chi connectivity index (χ0) is 28.2. The molecule has 39 heavy (non-hydrogen) atoms. The average Bonchev–Trinajstić information content (AvgIpc) is 3.14. The van der Waals surface area contributed by atoms with Gasteiger partial charge in [0.25, 0.3) is 10.0 Å². The molecular weight excluding hydrogens is 546 g/mol. The van der Waals surface area contributed by atoms with E-state index in [0.717, 1.165) is 36.4 Å². The highest BCUT2D eigenvalue weighted by molar-refractivity contribution is 7.89. The van der Waals surface area contributed by atoms with Crippen LogP contribution in [0.25, 0.3) is 0 Å². The van der Waals surface area contributed by atoms with E-state index < -0.39 is 50.4 Å². The Labute approximate surface area is 229 Å². The smallest absolute Gasteiger partial charge is 0.260 e. The topological polar surface area (TPSA) is 169 Å². The van der Waals surface area contributed by atoms with E-state index in [1.807, 2.05) is 0 Å². The van der Waals surface area contributed by atoms with Gasteiger partial charge in [0.1, 0.15) is 16.6 Å². The molecule has 1 saturated heterocycles. The van der Waals surface area contributed by atoms with Crippen LogP contribution in [0, 0.1) is 19.8 Å². The normalized spacial score (nSPS) is 20.9. The summed E-state index contributed by atoms with van der Waals surface area (Å²) in [5.74, 6) is -0.809. The number of carbonyl (C=O) groups is 2. The van der Waals surface area contributed by atoms with Crippen LogP contribution in [0.4, 0.5) is 0 Å². The molecular formula is C25H35N5O7S2. The molecule has 2 aromatic rings. The summed E-state index contributed by atoms with van der Waals surface area (Å²) >= 11 is 0. The first-order valence-electron chi connectivity index (χ1n) is 13.2. The van der Waals surface area contributed by atoms with Gasteiger partial charge in [-0.2, -0.15) is 9.03 Å². The number of Topliss-reactive ketones (excluding diaryl/α,β-unsaturated/α-hetero) is 1. The lowest BCUT2D eigenvalue weighted by Crippen LogP contribution is -2.53. The molecule has 1 amide bonds. The molecule has 1 aliphatic heterocycles. The highest BCUT2D eigenvalue weighted by Crippen LogP contribution is 2.28. The summed E-state index contributed by atoms with van der Waals surface area (Å²) in [4.78, 5) is 30.4. The number of aromatic nitrogens is 2. The number of nitrogens with zero attached hydrogens (tertiary/aromatic N) is 3. The van der Waals surface area contributed by atoms with Crippen LogP contribution >= 0.6 is 0 Å². The first-order chi connectivity index (χ1) is 18.5. The van der Waals surface area contributed by atoms with Gasteiger partial charge in [0.15, 0.2) is 16.6 Å². The van der Waals surface area contributed by atoms with Gasteiger partial charge in [0.2, 0.25) is 15.9 Å². The van der Waals surface area contributed by atoms with Gasteiger partial charge in [-0.25, -0.2) is 21.8 Å². The highest BCUT2D eigenvalue weighted by Gasteiger charge is 2.37. The molecule has 0 unspecified atom stereocenters. The molecule has 2 aliphatic rings. The van der Waals surface area contributed by atoms with Crippen molar-refractivity contribution in [3.8, 4) is 0 Å². The molecule has 0 aromatic carbocycles. The van der Waals surface area contributed by atoms with Crippen molar-refractivity contribution in [3.05, 3.63) is 35.9 Å². The Balaban J connectivity index is 1.50. The zero-order valence-electron chi connectivity index (χ0n) is 22.1. The molecule has 4 rings (SSSR count). The third-order valence-corrected chi connectivity index (χ3v) is 10.8. The lowest BCUT2D eigenvalue weighted by molar-refractivity contribution is -0.128. The summed E-state index contributed by atoms with van der Waals surface area (Å²) in [6, 6.07) is 2.46. The number of nitrogens with one attached hydrogen (secondary N) is 2. The second-order valence-electron chi connectivity index (χ2n) is 10.2. The Morgan fingerprint density at radius 1 is 1.10 bits per heavy atom. The maximum Gasteiger partial charge on any atom is 0.260 e. The Bertz CT molecular complexity index is 1370. The standard InChI is InChI=1S/C25H35N5O7S2/c1-17-24(18(2)37-28-17)38(33,34)29-21(15-19-9-4-3-5-10-19)25(32)27-20-11-8-14-30(16-22(20)31)39(35,36)23-12-6-7-13-26-23/h6-7,12-13,19-21,29H,3-5,8-11,14-16H2,1-2H3,(H,27,32)/t20-,21-/m0/s1. The summed E-state index contributed by atoms with van der Waals surface area (Å²) < 4.78 is 61.1. The third kappa shape index (κ3) is 6.91. The molecule has 2 N–H and O–H groups in total.